The Kier molecular flexibility index (Phi) is 4.74. The minimum atomic E-state index is -0.0773. The summed E-state index contributed by atoms with van der Waals surface area (Å²) in [6.45, 7) is 6.31. The van der Waals surface area contributed by atoms with Gasteiger partial charge >= 0.3 is 0 Å². The maximum absolute atomic E-state index is 5.95. The van der Waals surface area contributed by atoms with Gasteiger partial charge in [0.2, 0.25) is 11.7 Å². The molecular formula is C15H21N3O2. The number of hydrogen-bond donors (Lipinski definition) is 1. The highest BCUT2D eigenvalue weighted by molar-refractivity contribution is 5.38. The van der Waals surface area contributed by atoms with Crippen LogP contribution in [0.3, 0.4) is 0 Å². The Morgan fingerprint density at radius 1 is 1.40 bits per heavy atom. The molecule has 0 spiro atoms. The molecule has 0 bridgehead atoms. The first-order valence-electron chi connectivity index (χ1n) is 6.90. The molecule has 5 heteroatoms. The third-order valence-electron chi connectivity index (χ3n) is 2.99. The van der Waals surface area contributed by atoms with Crippen molar-refractivity contribution in [1.82, 2.24) is 10.1 Å². The fourth-order valence-electron chi connectivity index (χ4n) is 1.95. The van der Waals surface area contributed by atoms with Crippen LogP contribution in [0, 0.1) is 6.92 Å². The molecule has 0 amide bonds. The Morgan fingerprint density at radius 3 is 2.90 bits per heavy atom. The van der Waals surface area contributed by atoms with Crippen molar-refractivity contribution in [3.63, 3.8) is 0 Å². The van der Waals surface area contributed by atoms with Crippen LogP contribution in [0.25, 0.3) is 0 Å². The van der Waals surface area contributed by atoms with Gasteiger partial charge in [-0.1, -0.05) is 24.2 Å². The predicted molar refractivity (Wildman–Crippen MR) is 76.4 cm³/mol. The Bertz CT molecular complexity index is 564. The van der Waals surface area contributed by atoms with Crippen LogP contribution < -0.4 is 10.5 Å². The van der Waals surface area contributed by atoms with E-state index in [9.17, 15) is 0 Å². The number of aryl methyl sites for hydroxylation is 2. The van der Waals surface area contributed by atoms with E-state index in [0.29, 0.717) is 11.7 Å². The number of rotatable bonds is 6. The summed E-state index contributed by atoms with van der Waals surface area (Å²) >= 11 is 0. The summed E-state index contributed by atoms with van der Waals surface area (Å²) in [5.41, 5.74) is 8.06. The van der Waals surface area contributed by atoms with Gasteiger partial charge in [-0.15, -0.1) is 0 Å². The summed E-state index contributed by atoms with van der Waals surface area (Å²) < 4.78 is 10.9. The first-order valence-corrected chi connectivity index (χ1v) is 6.90. The average Bonchev–Trinajstić information content (AvgIpc) is 2.84. The molecule has 2 aromatic rings. The molecule has 0 aliphatic rings. The zero-order chi connectivity index (χ0) is 14.5. The van der Waals surface area contributed by atoms with Crippen molar-refractivity contribution in [3.8, 4) is 5.75 Å². The van der Waals surface area contributed by atoms with Crippen LogP contribution in [0.1, 0.15) is 49.2 Å². The van der Waals surface area contributed by atoms with E-state index in [4.69, 9.17) is 15.0 Å². The van der Waals surface area contributed by atoms with Gasteiger partial charge in [0.25, 0.3) is 0 Å². The van der Waals surface area contributed by atoms with Crippen LogP contribution in [0.4, 0.5) is 0 Å². The summed E-state index contributed by atoms with van der Waals surface area (Å²) in [7, 11) is 0. The minimum absolute atomic E-state index is 0.0773. The molecule has 0 radical (unpaired) electrons. The molecule has 0 saturated heterocycles. The van der Waals surface area contributed by atoms with Crippen LogP contribution in [0.5, 0.6) is 5.75 Å². The van der Waals surface area contributed by atoms with Gasteiger partial charge in [-0.05, 0) is 31.9 Å². The lowest BCUT2D eigenvalue weighted by Crippen LogP contribution is -2.08. The lowest BCUT2D eigenvalue weighted by molar-refractivity contribution is 0.281. The number of nitrogens with zero attached hydrogens (tertiary/aromatic N) is 2. The molecule has 2 rings (SSSR count). The molecule has 2 N–H and O–H groups in total. The predicted octanol–water partition coefficient (Wildman–Crippen LogP) is 2.93. The van der Waals surface area contributed by atoms with E-state index in [1.165, 1.54) is 0 Å². The van der Waals surface area contributed by atoms with Crippen LogP contribution in [0.2, 0.25) is 0 Å². The van der Waals surface area contributed by atoms with Crippen molar-refractivity contribution >= 4 is 0 Å². The van der Waals surface area contributed by atoms with Crippen LogP contribution >= 0.6 is 0 Å². The van der Waals surface area contributed by atoms with Crippen LogP contribution in [-0.4, -0.2) is 10.1 Å². The molecule has 20 heavy (non-hydrogen) atoms. The third kappa shape index (κ3) is 3.57. The van der Waals surface area contributed by atoms with Crippen molar-refractivity contribution in [2.45, 2.75) is 46.3 Å². The molecule has 1 aromatic carbocycles. The zero-order valence-electron chi connectivity index (χ0n) is 12.2. The van der Waals surface area contributed by atoms with E-state index in [-0.39, 0.29) is 12.6 Å². The summed E-state index contributed by atoms with van der Waals surface area (Å²) in [6, 6.07) is 5.92. The zero-order valence-corrected chi connectivity index (χ0v) is 12.2. The Hall–Kier alpha value is -1.88. The lowest BCUT2D eigenvalue weighted by atomic mass is 10.1. The summed E-state index contributed by atoms with van der Waals surface area (Å²) in [4.78, 5) is 4.28. The van der Waals surface area contributed by atoms with E-state index in [1.54, 1.807) is 0 Å². The monoisotopic (exact) mass is 275 g/mol. The highest BCUT2D eigenvalue weighted by atomic mass is 16.5. The van der Waals surface area contributed by atoms with Crippen molar-refractivity contribution in [2.75, 3.05) is 0 Å². The third-order valence-corrected chi connectivity index (χ3v) is 2.99. The first-order chi connectivity index (χ1) is 9.60. The topological polar surface area (TPSA) is 74.2 Å². The number of ether oxygens (including phenoxy) is 1. The van der Waals surface area contributed by atoms with Crippen molar-refractivity contribution in [1.29, 1.82) is 0 Å². The largest absolute Gasteiger partial charge is 0.485 e. The lowest BCUT2D eigenvalue weighted by Gasteiger charge is -2.13. The molecule has 0 aliphatic carbocycles. The fourth-order valence-corrected chi connectivity index (χ4v) is 1.95. The smallest absolute Gasteiger partial charge is 0.226 e. The van der Waals surface area contributed by atoms with Gasteiger partial charge in [-0.25, -0.2) is 0 Å². The number of aromatic nitrogens is 2. The van der Waals surface area contributed by atoms with E-state index in [2.05, 4.69) is 17.1 Å². The molecule has 0 aliphatic heterocycles. The van der Waals surface area contributed by atoms with Crippen molar-refractivity contribution < 1.29 is 9.26 Å². The fraction of sp³-hybridized carbons (Fsp3) is 0.467. The van der Waals surface area contributed by atoms with Gasteiger partial charge in [0.05, 0.1) is 0 Å². The van der Waals surface area contributed by atoms with Gasteiger partial charge < -0.3 is 15.0 Å². The number of benzene rings is 1. The maximum Gasteiger partial charge on any atom is 0.226 e. The van der Waals surface area contributed by atoms with Gasteiger partial charge in [0.1, 0.15) is 5.75 Å². The standard InChI is InChI=1S/C15H21N3O2/c1-4-5-15-17-14(18-20-15)9-19-13-8-10(2)6-7-12(13)11(3)16/h6-8,11H,4-5,9,16H2,1-3H3. The van der Waals surface area contributed by atoms with Crippen molar-refractivity contribution in [3.05, 3.63) is 41.0 Å². The highest BCUT2D eigenvalue weighted by Crippen LogP contribution is 2.25. The van der Waals surface area contributed by atoms with Gasteiger partial charge in [-0.2, -0.15) is 4.98 Å². The molecule has 1 unspecified atom stereocenters. The van der Waals surface area contributed by atoms with Crippen molar-refractivity contribution in [2.24, 2.45) is 5.73 Å². The summed E-state index contributed by atoms with van der Waals surface area (Å²) in [5.74, 6) is 2.00. The Labute approximate surface area is 119 Å². The number of hydrogen-bond acceptors (Lipinski definition) is 5. The second-order valence-corrected chi connectivity index (χ2v) is 4.97. The second kappa shape index (κ2) is 6.52. The van der Waals surface area contributed by atoms with Gasteiger partial charge in [0, 0.05) is 18.0 Å². The maximum atomic E-state index is 5.95. The Balaban J connectivity index is 2.07. The summed E-state index contributed by atoms with van der Waals surface area (Å²) in [6.07, 6.45) is 1.78. The molecule has 5 nitrogen and oxygen atoms in total. The summed E-state index contributed by atoms with van der Waals surface area (Å²) in [5, 5.41) is 3.90. The quantitative estimate of drug-likeness (QED) is 0.877. The molecular weight excluding hydrogens is 254 g/mol. The minimum Gasteiger partial charge on any atom is -0.485 e. The molecule has 1 atom stereocenters. The van der Waals surface area contributed by atoms with Crippen LogP contribution in [-0.2, 0) is 13.0 Å². The molecule has 1 aromatic heterocycles. The first kappa shape index (κ1) is 14.5. The van der Waals surface area contributed by atoms with Gasteiger partial charge in [0.15, 0.2) is 6.61 Å². The molecule has 1 heterocycles. The second-order valence-electron chi connectivity index (χ2n) is 4.97. The molecule has 0 fully saturated rings. The SMILES string of the molecule is CCCc1nc(COc2cc(C)ccc2C(C)N)no1. The average molecular weight is 275 g/mol. The number of nitrogens with two attached hydrogens (primary N) is 1. The highest BCUT2D eigenvalue weighted by Gasteiger charge is 2.11. The molecule has 108 valence electrons. The Morgan fingerprint density at radius 2 is 2.20 bits per heavy atom. The normalized spacial score (nSPS) is 12.4. The van der Waals surface area contributed by atoms with E-state index in [1.807, 2.05) is 32.0 Å². The van der Waals surface area contributed by atoms with E-state index in [0.717, 1.165) is 29.7 Å². The van der Waals surface area contributed by atoms with Crippen LogP contribution in [0.15, 0.2) is 22.7 Å². The van der Waals surface area contributed by atoms with E-state index < -0.39 is 0 Å². The van der Waals surface area contributed by atoms with Gasteiger partial charge in [-0.3, -0.25) is 0 Å². The molecule has 0 saturated carbocycles. The van der Waals surface area contributed by atoms with E-state index >= 15 is 0 Å².